The number of hydrogen-bond acceptors (Lipinski definition) is 6. The maximum Gasteiger partial charge on any atom is 0.681 e. The Kier molecular flexibility index (Phi) is 11.3. The molecule has 0 bridgehead atoms. The smallest absolute Gasteiger partial charge is 0.355 e. The lowest BCUT2D eigenvalue weighted by atomic mass is 9.82. The summed E-state index contributed by atoms with van der Waals surface area (Å²) in [5, 5.41) is 0. The fourth-order valence-corrected chi connectivity index (χ4v) is 5.05. The molecule has 6 nitrogen and oxygen atoms in total. The third-order valence-corrected chi connectivity index (χ3v) is 6.85. The van der Waals surface area contributed by atoms with Gasteiger partial charge >= 0.3 is 9.05 Å². The van der Waals surface area contributed by atoms with E-state index < -0.39 is 15.3 Å². The maximum atomic E-state index is 6.41. The number of hydrogen-bond donors (Lipinski definition) is 1. The van der Waals surface area contributed by atoms with Crippen molar-refractivity contribution in [3.8, 4) is 0 Å². The van der Waals surface area contributed by atoms with Crippen LogP contribution >= 0.6 is 0 Å². The predicted molar refractivity (Wildman–Crippen MR) is 96.3 cm³/mol. The van der Waals surface area contributed by atoms with Crippen molar-refractivity contribution < 1.29 is 22.4 Å². The van der Waals surface area contributed by atoms with E-state index in [2.05, 4.69) is 0 Å². The lowest BCUT2D eigenvalue weighted by Crippen LogP contribution is -2.51. The Morgan fingerprint density at radius 3 is 2.08 bits per heavy atom. The second-order valence-corrected chi connectivity index (χ2v) is 8.43. The molecule has 2 atom stereocenters. The summed E-state index contributed by atoms with van der Waals surface area (Å²) in [5.74, 6) is 0.629. The van der Waals surface area contributed by atoms with Crippen molar-refractivity contribution >= 4 is 9.05 Å². The van der Waals surface area contributed by atoms with Gasteiger partial charge in [-0.2, -0.15) is 0 Å². The highest BCUT2D eigenvalue weighted by Gasteiger charge is 2.46. The van der Waals surface area contributed by atoms with Gasteiger partial charge in [0.15, 0.2) is 6.29 Å². The first-order valence-electron chi connectivity index (χ1n) is 9.48. The van der Waals surface area contributed by atoms with Crippen molar-refractivity contribution in [2.24, 2.45) is 11.7 Å². The molecule has 2 unspecified atom stereocenters. The molecular formula is C17H37NO5Si. The lowest BCUT2D eigenvalue weighted by Gasteiger charge is -2.32. The van der Waals surface area contributed by atoms with Crippen LogP contribution in [0.1, 0.15) is 65.7 Å². The minimum Gasteiger partial charge on any atom is -0.355 e. The van der Waals surface area contributed by atoms with Gasteiger partial charge in [-0.3, -0.25) is 0 Å². The molecule has 1 saturated carbocycles. The van der Waals surface area contributed by atoms with Crippen molar-refractivity contribution in [3.05, 3.63) is 0 Å². The van der Waals surface area contributed by atoms with Crippen LogP contribution in [0.2, 0.25) is 0 Å². The monoisotopic (exact) mass is 363 g/mol. The summed E-state index contributed by atoms with van der Waals surface area (Å²) in [6, 6.07) is 0.203. The number of rotatable bonds is 13. The highest BCUT2D eigenvalue weighted by Crippen LogP contribution is 2.28. The highest BCUT2D eigenvalue weighted by molar-refractivity contribution is 6.53. The Morgan fingerprint density at radius 1 is 0.958 bits per heavy atom. The molecule has 0 radical (unpaired) electrons. The summed E-state index contributed by atoms with van der Waals surface area (Å²) in [4.78, 5) is 0. The molecule has 0 spiro atoms. The first-order valence-corrected chi connectivity index (χ1v) is 11.1. The fourth-order valence-electron chi connectivity index (χ4n) is 3.28. The molecule has 0 amide bonds. The Balaban J connectivity index is 2.56. The van der Waals surface area contributed by atoms with Crippen LogP contribution < -0.4 is 5.73 Å². The minimum atomic E-state index is -3.15. The number of nitrogens with two attached hydrogens (primary N) is 1. The van der Waals surface area contributed by atoms with Gasteiger partial charge in [0.05, 0.1) is 0 Å². The van der Waals surface area contributed by atoms with E-state index in [4.69, 9.17) is 28.2 Å². The van der Waals surface area contributed by atoms with Crippen LogP contribution in [-0.2, 0) is 22.4 Å². The zero-order valence-corrected chi connectivity index (χ0v) is 16.9. The summed E-state index contributed by atoms with van der Waals surface area (Å²) >= 11 is 0. The molecule has 24 heavy (non-hydrogen) atoms. The molecule has 1 aliphatic carbocycles. The van der Waals surface area contributed by atoms with Crippen LogP contribution in [0.25, 0.3) is 0 Å². The van der Waals surface area contributed by atoms with Gasteiger partial charge in [-0.1, -0.05) is 19.3 Å². The van der Waals surface area contributed by atoms with Gasteiger partial charge in [-0.15, -0.1) is 0 Å². The Hall–Kier alpha value is -0.0231. The van der Waals surface area contributed by atoms with Crippen molar-refractivity contribution in [3.63, 3.8) is 0 Å². The van der Waals surface area contributed by atoms with E-state index >= 15 is 0 Å². The van der Waals surface area contributed by atoms with Crippen LogP contribution in [0.3, 0.4) is 0 Å². The average molecular weight is 364 g/mol. The molecule has 0 saturated heterocycles. The van der Waals surface area contributed by atoms with Crippen LogP contribution in [-0.4, -0.2) is 48.3 Å². The molecule has 0 aromatic heterocycles. The Bertz CT molecular complexity index is 309. The quantitative estimate of drug-likeness (QED) is 0.400. The van der Waals surface area contributed by atoms with E-state index in [9.17, 15) is 0 Å². The van der Waals surface area contributed by atoms with Crippen molar-refractivity contribution in [2.45, 2.75) is 78.0 Å². The third kappa shape index (κ3) is 7.47. The second kappa shape index (κ2) is 12.3. The van der Waals surface area contributed by atoms with Gasteiger partial charge in [0.1, 0.15) is 0 Å². The first-order chi connectivity index (χ1) is 11.6. The van der Waals surface area contributed by atoms with Crippen molar-refractivity contribution in [1.29, 1.82) is 0 Å². The second-order valence-electron chi connectivity index (χ2n) is 6.21. The predicted octanol–water partition coefficient (Wildman–Crippen LogP) is 3.21. The van der Waals surface area contributed by atoms with E-state index in [0.29, 0.717) is 25.7 Å². The summed E-state index contributed by atoms with van der Waals surface area (Å²) in [5.41, 5.74) is 6.41. The molecule has 7 heteroatoms. The average Bonchev–Trinajstić information content (AvgIpc) is 2.60. The normalized spacial score (nSPS) is 19.4. The van der Waals surface area contributed by atoms with E-state index in [1.165, 1.54) is 32.1 Å². The van der Waals surface area contributed by atoms with Crippen LogP contribution in [0.15, 0.2) is 0 Å². The van der Waals surface area contributed by atoms with Crippen molar-refractivity contribution in [1.82, 2.24) is 0 Å². The SMILES string of the molecule is CCOC(CCC(N)C1CCCCC1)O[Si](OC)(OCC)OCC. The molecule has 0 aliphatic heterocycles. The lowest BCUT2D eigenvalue weighted by molar-refractivity contribution is -0.147. The van der Waals surface area contributed by atoms with Crippen molar-refractivity contribution in [2.75, 3.05) is 26.9 Å². The molecule has 0 heterocycles. The van der Waals surface area contributed by atoms with Gasteiger partial charge in [0.25, 0.3) is 0 Å². The zero-order valence-electron chi connectivity index (χ0n) is 15.9. The van der Waals surface area contributed by atoms with E-state index in [-0.39, 0.29) is 6.04 Å². The van der Waals surface area contributed by atoms with E-state index in [1.807, 2.05) is 20.8 Å². The van der Waals surface area contributed by atoms with Gasteiger partial charge < -0.3 is 28.2 Å². The minimum absolute atomic E-state index is 0.203. The Labute approximate surface area is 148 Å². The summed E-state index contributed by atoms with van der Waals surface area (Å²) in [6.45, 7) is 7.27. The maximum absolute atomic E-state index is 6.41. The molecule has 1 fully saturated rings. The topological polar surface area (TPSA) is 72.2 Å². The number of ether oxygens (including phenoxy) is 1. The molecular weight excluding hydrogens is 326 g/mol. The molecule has 2 N–H and O–H groups in total. The highest BCUT2D eigenvalue weighted by atomic mass is 28.4. The Morgan fingerprint density at radius 2 is 1.58 bits per heavy atom. The molecule has 144 valence electrons. The van der Waals surface area contributed by atoms with E-state index in [0.717, 1.165) is 12.8 Å². The van der Waals surface area contributed by atoms with Crippen LogP contribution in [0.4, 0.5) is 0 Å². The van der Waals surface area contributed by atoms with Crippen LogP contribution in [0.5, 0.6) is 0 Å². The fraction of sp³-hybridized carbons (Fsp3) is 1.00. The van der Waals surface area contributed by atoms with Gasteiger partial charge in [0.2, 0.25) is 0 Å². The summed E-state index contributed by atoms with van der Waals surface area (Å²) < 4.78 is 28.6. The summed E-state index contributed by atoms with van der Waals surface area (Å²) in [6.07, 6.45) is 7.64. The van der Waals surface area contributed by atoms with Gasteiger partial charge in [-0.25, -0.2) is 0 Å². The molecule has 0 aromatic rings. The zero-order chi connectivity index (χ0) is 17.8. The third-order valence-electron chi connectivity index (χ3n) is 4.51. The largest absolute Gasteiger partial charge is 0.681 e. The molecule has 1 aliphatic rings. The standard InChI is InChI=1S/C17H37NO5Si/c1-5-20-17(23-24(19-4,21-6-2)22-7-3)14-13-16(18)15-11-9-8-10-12-15/h15-17H,5-14,18H2,1-4H3. The van der Waals surface area contributed by atoms with Gasteiger partial charge in [-0.05, 0) is 52.4 Å². The van der Waals surface area contributed by atoms with Crippen LogP contribution in [0, 0.1) is 5.92 Å². The molecule has 0 aromatic carbocycles. The summed E-state index contributed by atoms with van der Waals surface area (Å²) in [7, 11) is -1.58. The van der Waals surface area contributed by atoms with E-state index in [1.54, 1.807) is 7.11 Å². The first kappa shape index (κ1) is 22.0. The molecule has 1 rings (SSSR count). The van der Waals surface area contributed by atoms with Gasteiger partial charge in [0, 0.05) is 33.0 Å².